The van der Waals surface area contributed by atoms with Gasteiger partial charge in [-0.15, -0.1) is 0 Å². The maximum absolute atomic E-state index is 11.1. The summed E-state index contributed by atoms with van der Waals surface area (Å²) in [6.07, 6.45) is -17.6. The molecule has 0 aromatic heterocycles. The van der Waals surface area contributed by atoms with Crippen molar-refractivity contribution in [2.45, 2.75) is 145 Å². The van der Waals surface area contributed by atoms with Crippen molar-refractivity contribution < 1.29 is 68.9 Å². The van der Waals surface area contributed by atoms with Crippen LogP contribution in [0.15, 0.2) is 12.2 Å². The second kappa shape index (κ2) is 12.6. The van der Waals surface area contributed by atoms with Gasteiger partial charge >= 0.3 is 0 Å². The molecule has 4 rings (SSSR count). The van der Waals surface area contributed by atoms with Crippen LogP contribution in [0.4, 0.5) is 0 Å². The monoisotopic (exact) mass is 566 g/mol. The van der Waals surface area contributed by atoms with Gasteiger partial charge in [0.25, 0.3) is 0 Å². The first-order chi connectivity index (χ1) is 18.3. The van der Waals surface area contributed by atoms with E-state index < -0.39 is 110 Å². The van der Waals surface area contributed by atoms with E-state index in [4.69, 9.17) is 33.2 Å². The van der Waals surface area contributed by atoms with Crippen LogP contribution in [0.5, 0.6) is 0 Å². The number of rotatable bonds is 6. The van der Waals surface area contributed by atoms with Crippen molar-refractivity contribution in [2.75, 3.05) is 0 Å². The molecule has 0 aromatic carbocycles. The molecule has 0 spiro atoms. The van der Waals surface area contributed by atoms with E-state index in [-0.39, 0.29) is 0 Å². The molecule has 14 nitrogen and oxygen atoms in total. The maximum Gasteiger partial charge on any atom is 0.187 e. The van der Waals surface area contributed by atoms with Crippen LogP contribution in [0, 0.1) is 0 Å². The Hall–Kier alpha value is -0.820. The van der Waals surface area contributed by atoms with Gasteiger partial charge in [0.2, 0.25) is 0 Å². The summed E-state index contributed by atoms with van der Waals surface area (Å²) in [4.78, 5) is 0. The Morgan fingerprint density at radius 1 is 0.436 bits per heavy atom. The minimum atomic E-state index is -1.63. The molecule has 3 saturated heterocycles. The first kappa shape index (κ1) is 31.1. The van der Waals surface area contributed by atoms with Gasteiger partial charge in [-0.25, -0.2) is 0 Å². The molecule has 4 aliphatic heterocycles. The summed E-state index contributed by atoms with van der Waals surface area (Å²) in [6.45, 7) is 7.93. The molecule has 39 heavy (non-hydrogen) atoms. The van der Waals surface area contributed by atoms with Crippen LogP contribution in [0.3, 0.4) is 0 Å². The quantitative estimate of drug-likeness (QED) is 0.163. The van der Waals surface area contributed by atoms with Crippen molar-refractivity contribution in [1.29, 1.82) is 0 Å². The number of hydrogen-bond donors (Lipinski definition) is 7. The number of aliphatic hydroxyl groups excluding tert-OH is 7. The molecular weight excluding hydrogens is 524 g/mol. The van der Waals surface area contributed by atoms with Crippen LogP contribution in [0.25, 0.3) is 0 Å². The first-order valence-corrected chi connectivity index (χ1v) is 13.3. The third-order valence-corrected chi connectivity index (χ3v) is 7.80. The topological polar surface area (TPSA) is 206 Å². The van der Waals surface area contributed by atoms with Crippen molar-refractivity contribution in [3.05, 3.63) is 12.2 Å². The number of ether oxygens (including phenoxy) is 7. The van der Waals surface area contributed by atoms with Gasteiger partial charge in [0, 0.05) is 0 Å². The summed E-state index contributed by atoms with van der Waals surface area (Å²) >= 11 is 0. The Morgan fingerprint density at radius 2 is 0.821 bits per heavy atom. The van der Waals surface area contributed by atoms with Gasteiger partial charge in [-0.1, -0.05) is 6.08 Å². The Balaban J connectivity index is 1.46. The molecule has 0 saturated carbocycles. The zero-order valence-electron chi connectivity index (χ0n) is 22.5. The van der Waals surface area contributed by atoms with E-state index in [1.807, 2.05) is 0 Å². The molecule has 0 aromatic rings. The fraction of sp³-hybridized carbons (Fsp3) is 0.920. The van der Waals surface area contributed by atoms with E-state index in [9.17, 15) is 35.7 Å². The molecule has 4 aliphatic rings. The standard InChI is InChI=1S/C25H42O14/c1-8-13(26)6-7-14(34-8)37-22-17(29)11(4)35-24(19(22)31)39-23-18(30)12(5)36-25(20(23)32)38-21-15(27)9(2)33-10(3)16(21)28/h6-32H,1-5H3/t8?,9?,10?,11?,12?,13-,14?,15-,16+,17+,18+,19+,20+,21-,22+,23+,24?,25?/m1/s1. The van der Waals surface area contributed by atoms with E-state index in [1.54, 1.807) is 20.8 Å². The minimum absolute atomic E-state index is 0.580. The van der Waals surface area contributed by atoms with Gasteiger partial charge in [-0.3, -0.25) is 0 Å². The van der Waals surface area contributed by atoms with Crippen molar-refractivity contribution in [1.82, 2.24) is 0 Å². The zero-order chi connectivity index (χ0) is 28.8. The lowest BCUT2D eigenvalue weighted by molar-refractivity contribution is -0.373. The average Bonchev–Trinajstić information content (AvgIpc) is 2.89. The van der Waals surface area contributed by atoms with Crippen LogP contribution < -0.4 is 0 Å². The van der Waals surface area contributed by atoms with E-state index in [0.29, 0.717) is 0 Å². The molecule has 14 heteroatoms. The highest BCUT2D eigenvalue weighted by molar-refractivity contribution is 5.00. The van der Waals surface area contributed by atoms with Crippen molar-refractivity contribution in [3.8, 4) is 0 Å². The van der Waals surface area contributed by atoms with Crippen molar-refractivity contribution >= 4 is 0 Å². The van der Waals surface area contributed by atoms with E-state index >= 15 is 0 Å². The maximum atomic E-state index is 11.1. The van der Waals surface area contributed by atoms with Crippen LogP contribution >= 0.6 is 0 Å². The van der Waals surface area contributed by atoms with Gasteiger partial charge in [0.05, 0.1) is 36.6 Å². The van der Waals surface area contributed by atoms with Crippen molar-refractivity contribution in [2.24, 2.45) is 0 Å². The third kappa shape index (κ3) is 6.49. The normalized spacial score (nSPS) is 55.0. The summed E-state index contributed by atoms with van der Waals surface area (Å²) in [7, 11) is 0. The minimum Gasteiger partial charge on any atom is -0.388 e. The Bertz CT molecular complexity index is 817. The largest absolute Gasteiger partial charge is 0.388 e. The molecule has 3 fully saturated rings. The van der Waals surface area contributed by atoms with Gasteiger partial charge < -0.3 is 68.9 Å². The zero-order valence-corrected chi connectivity index (χ0v) is 22.5. The summed E-state index contributed by atoms with van der Waals surface area (Å²) in [5, 5.41) is 74.4. The molecule has 0 radical (unpaired) electrons. The molecule has 0 bridgehead atoms. The second-order valence-corrected chi connectivity index (χ2v) is 10.8. The predicted octanol–water partition coefficient (Wildman–Crippen LogP) is -2.73. The first-order valence-electron chi connectivity index (χ1n) is 13.3. The lowest BCUT2D eigenvalue weighted by atomic mass is 9.95. The van der Waals surface area contributed by atoms with E-state index in [2.05, 4.69) is 0 Å². The van der Waals surface area contributed by atoms with Crippen molar-refractivity contribution in [3.63, 3.8) is 0 Å². The number of hydrogen-bond acceptors (Lipinski definition) is 14. The molecular formula is C25H42O14. The highest BCUT2D eigenvalue weighted by Crippen LogP contribution is 2.33. The lowest BCUT2D eigenvalue weighted by Gasteiger charge is -2.48. The van der Waals surface area contributed by atoms with Crippen LogP contribution in [0.2, 0.25) is 0 Å². The summed E-state index contributed by atoms with van der Waals surface area (Å²) in [6, 6.07) is 0. The molecule has 0 aliphatic carbocycles. The Labute approximate surface area is 226 Å². The third-order valence-electron chi connectivity index (χ3n) is 7.80. The molecule has 7 N–H and O–H groups in total. The van der Waals surface area contributed by atoms with Gasteiger partial charge in [-0.2, -0.15) is 0 Å². The Kier molecular flexibility index (Phi) is 10.0. The molecule has 18 atom stereocenters. The van der Waals surface area contributed by atoms with E-state index in [1.165, 1.54) is 26.0 Å². The van der Waals surface area contributed by atoms with Gasteiger partial charge in [-0.05, 0) is 40.7 Å². The lowest BCUT2D eigenvalue weighted by Crippen LogP contribution is -2.65. The second-order valence-electron chi connectivity index (χ2n) is 10.8. The number of aliphatic hydroxyl groups is 7. The van der Waals surface area contributed by atoms with Gasteiger partial charge in [0.1, 0.15) is 54.9 Å². The van der Waals surface area contributed by atoms with Crippen LogP contribution in [-0.2, 0) is 33.2 Å². The molecule has 8 unspecified atom stereocenters. The smallest absolute Gasteiger partial charge is 0.187 e. The summed E-state index contributed by atoms with van der Waals surface area (Å²) in [5.74, 6) is 0. The summed E-state index contributed by atoms with van der Waals surface area (Å²) in [5.41, 5.74) is 0. The molecule has 4 heterocycles. The average molecular weight is 567 g/mol. The van der Waals surface area contributed by atoms with Gasteiger partial charge in [0.15, 0.2) is 18.9 Å². The van der Waals surface area contributed by atoms with E-state index in [0.717, 1.165) is 0 Å². The Morgan fingerprint density at radius 3 is 1.26 bits per heavy atom. The highest BCUT2D eigenvalue weighted by atomic mass is 16.7. The SMILES string of the molecule is CC1OC(O[C@@H]2[C@H](O)C(O[C@@H]3[C@H](O)C(O[C@@H]4[C@H](O)C(C)OC(C)[C@@H]4O)OC(C)[C@@H]3O)OC(C)[C@@H]2O)C=C[C@H]1O. The predicted molar refractivity (Wildman–Crippen MR) is 129 cm³/mol. The van der Waals surface area contributed by atoms with Crippen LogP contribution in [-0.4, -0.2) is 146 Å². The fourth-order valence-electron chi connectivity index (χ4n) is 5.18. The fourth-order valence-corrected chi connectivity index (χ4v) is 5.18. The highest BCUT2D eigenvalue weighted by Gasteiger charge is 2.52. The molecule has 226 valence electrons. The van der Waals surface area contributed by atoms with Crippen LogP contribution in [0.1, 0.15) is 34.6 Å². The molecule has 0 amide bonds. The summed E-state index contributed by atoms with van der Waals surface area (Å²) < 4.78 is 39.7.